The summed E-state index contributed by atoms with van der Waals surface area (Å²) in [6.45, 7) is 2.27. The van der Waals surface area contributed by atoms with E-state index < -0.39 is 33.6 Å². The molecule has 2 aromatic carbocycles. The van der Waals surface area contributed by atoms with Crippen LogP contribution in [0.5, 0.6) is 5.75 Å². The molecular weight excluding hydrogens is 498 g/mol. The average molecular weight is 520 g/mol. The third kappa shape index (κ3) is 4.19. The third-order valence-corrected chi connectivity index (χ3v) is 7.97. The molecule has 0 radical (unpaired) electrons. The Bertz CT molecular complexity index is 1210. The van der Waals surface area contributed by atoms with E-state index in [1.165, 1.54) is 4.90 Å². The van der Waals surface area contributed by atoms with E-state index in [-0.39, 0.29) is 29.3 Å². The molecule has 9 heteroatoms. The molecule has 0 bridgehead atoms. The minimum atomic E-state index is -3.30. The zero-order valence-electron chi connectivity index (χ0n) is 17.3. The Hall–Kier alpha value is -2.65. The van der Waals surface area contributed by atoms with E-state index in [1.807, 2.05) is 6.92 Å². The summed E-state index contributed by atoms with van der Waals surface area (Å²) >= 11 is 3.38. The standard InChI is InChI=1S/C23H22BrNO6S/c1-2-31-18-5-3-4-15(12-18)21(26)19-20(14-6-8-16(24)9-7-14)25(23(28)22(19)27)17-10-11-32(29,30)13-17/h3-9,12,17,20,26H,2,10-11,13H2,1H3/t17-,20+/m1/s1. The molecule has 2 heterocycles. The van der Waals surface area contributed by atoms with Gasteiger partial charge < -0.3 is 14.7 Å². The van der Waals surface area contributed by atoms with Crippen molar-refractivity contribution in [2.45, 2.75) is 25.4 Å². The first kappa shape index (κ1) is 22.5. The number of ketones is 1. The summed E-state index contributed by atoms with van der Waals surface area (Å²) < 4.78 is 30.5. The molecule has 2 aromatic rings. The summed E-state index contributed by atoms with van der Waals surface area (Å²) in [6, 6.07) is 12.2. The SMILES string of the molecule is CCOc1cccc(C(O)=C2C(=O)C(=O)N([C@@H]3CCS(=O)(=O)C3)[C@H]2c2ccc(Br)cc2)c1. The van der Waals surface area contributed by atoms with E-state index in [0.29, 0.717) is 23.5 Å². The van der Waals surface area contributed by atoms with Gasteiger partial charge in [0.1, 0.15) is 11.5 Å². The number of sulfone groups is 1. The number of aliphatic hydroxyl groups is 1. The van der Waals surface area contributed by atoms with Crippen molar-refractivity contribution in [1.29, 1.82) is 0 Å². The van der Waals surface area contributed by atoms with Crippen LogP contribution < -0.4 is 4.74 Å². The van der Waals surface area contributed by atoms with Crippen molar-refractivity contribution in [3.05, 3.63) is 69.7 Å². The lowest BCUT2D eigenvalue weighted by molar-refractivity contribution is -0.141. The molecule has 32 heavy (non-hydrogen) atoms. The lowest BCUT2D eigenvalue weighted by Crippen LogP contribution is -2.40. The van der Waals surface area contributed by atoms with Crippen LogP contribution in [-0.4, -0.2) is 54.3 Å². The number of carbonyl (C=O) groups is 2. The Morgan fingerprint density at radius 3 is 2.53 bits per heavy atom. The van der Waals surface area contributed by atoms with Gasteiger partial charge in [-0.3, -0.25) is 9.59 Å². The molecule has 2 saturated heterocycles. The smallest absolute Gasteiger partial charge is 0.295 e. The number of carbonyl (C=O) groups excluding carboxylic acids is 2. The molecule has 168 valence electrons. The number of hydrogen-bond donors (Lipinski definition) is 1. The summed E-state index contributed by atoms with van der Waals surface area (Å²) in [5, 5.41) is 11.1. The van der Waals surface area contributed by atoms with Gasteiger partial charge in [-0.05, 0) is 43.2 Å². The first-order valence-electron chi connectivity index (χ1n) is 10.2. The lowest BCUT2D eigenvalue weighted by atomic mass is 9.94. The van der Waals surface area contributed by atoms with Gasteiger partial charge in [0.15, 0.2) is 9.84 Å². The molecule has 2 aliphatic heterocycles. The molecule has 0 aromatic heterocycles. The number of benzene rings is 2. The van der Waals surface area contributed by atoms with Crippen molar-refractivity contribution >= 4 is 43.2 Å². The molecule has 0 aliphatic carbocycles. The van der Waals surface area contributed by atoms with Crippen molar-refractivity contribution < 1.29 is 27.9 Å². The minimum absolute atomic E-state index is 0.0376. The highest BCUT2D eigenvalue weighted by Crippen LogP contribution is 2.42. The summed E-state index contributed by atoms with van der Waals surface area (Å²) in [5.41, 5.74) is 0.893. The molecule has 0 spiro atoms. The Morgan fingerprint density at radius 2 is 1.91 bits per heavy atom. The van der Waals surface area contributed by atoms with Crippen molar-refractivity contribution in [2.75, 3.05) is 18.1 Å². The molecule has 1 amide bonds. The summed E-state index contributed by atoms with van der Waals surface area (Å²) in [4.78, 5) is 27.5. The highest BCUT2D eigenvalue weighted by Gasteiger charge is 2.50. The summed E-state index contributed by atoms with van der Waals surface area (Å²) in [7, 11) is -3.30. The number of halogens is 1. The van der Waals surface area contributed by atoms with E-state index in [9.17, 15) is 23.1 Å². The fourth-order valence-corrected chi connectivity index (χ4v) is 6.22. The van der Waals surface area contributed by atoms with Crippen LogP contribution in [0.3, 0.4) is 0 Å². The maximum absolute atomic E-state index is 13.1. The normalized spacial score (nSPS) is 24.1. The molecule has 7 nitrogen and oxygen atoms in total. The van der Waals surface area contributed by atoms with Crippen molar-refractivity contribution in [2.24, 2.45) is 0 Å². The van der Waals surface area contributed by atoms with Crippen LogP contribution in [0.25, 0.3) is 5.76 Å². The Labute approximate surface area is 194 Å². The second-order valence-electron chi connectivity index (χ2n) is 7.78. The van der Waals surface area contributed by atoms with Gasteiger partial charge in [0.05, 0.1) is 29.7 Å². The number of likely N-dealkylation sites (tertiary alicyclic amines) is 1. The van der Waals surface area contributed by atoms with Gasteiger partial charge in [0.25, 0.3) is 11.7 Å². The van der Waals surface area contributed by atoms with Gasteiger partial charge in [-0.2, -0.15) is 0 Å². The van der Waals surface area contributed by atoms with Gasteiger partial charge >= 0.3 is 0 Å². The van der Waals surface area contributed by atoms with Crippen molar-refractivity contribution in [1.82, 2.24) is 4.90 Å². The average Bonchev–Trinajstić information content (AvgIpc) is 3.25. The quantitative estimate of drug-likeness (QED) is 0.368. The molecular formula is C23H22BrNO6S. The van der Waals surface area contributed by atoms with Crippen LogP contribution >= 0.6 is 15.9 Å². The van der Waals surface area contributed by atoms with Gasteiger partial charge in [0.2, 0.25) is 0 Å². The largest absolute Gasteiger partial charge is 0.507 e. The number of ether oxygens (including phenoxy) is 1. The molecule has 2 fully saturated rings. The Kier molecular flexibility index (Phi) is 6.13. The van der Waals surface area contributed by atoms with Gasteiger partial charge in [-0.1, -0.05) is 40.2 Å². The van der Waals surface area contributed by atoms with Gasteiger partial charge in [0, 0.05) is 16.1 Å². The number of rotatable bonds is 5. The molecule has 2 aliphatic rings. The van der Waals surface area contributed by atoms with E-state index >= 15 is 0 Å². The second-order valence-corrected chi connectivity index (χ2v) is 10.9. The van der Waals surface area contributed by atoms with Crippen LogP contribution in [0.4, 0.5) is 0 Å². The van der Waals surface area contributed by atoms with E-state index in [0.717, 1.165) is 4.47 Å². The van der Waals surface area contributed by atoms with E-state index in [2.05, 4.69) is 15.9 Å². The maximum Gasteiger partial charge on any atom is 0.295 e. The fourth-order valence-electron chi connectivity index (χ4n) is 4.25. The molecule has 0 unspecified atom stereocenters. The third-order valence-electron chi connectivity index (χ3n) is 5.69. The maximum atomic E-state index is 13.1. The monoisotopic (exact) mass is 519 g/mol. The van der Waals surface area contributed by atoms with Crippen LogP contribution in [0, 0.1) is 0 Å². The van der Waals surface area contributed by atoms with E-state index in [4.69, 9.17) is 4.74 Å². The van der Waals surface area contributed by atoms with Crippen LogP contribution in [0.1, 0.15) is 30.5 Å². The Balaban J connectivity index is 1.87. The van der Waals surface area contributed by atoms with Crippen LogP contribution in [0.2, 0.25) is 0 Å². The topological polar surface area (TPSA) is 101 Å². The number of Topliss-reactive ketones (excluding diaryl/α,β-unsaturated/α-hetero) is 1. The molecule has 2 atom stereocenters. The van der Waals surface area contributed by atoms with Crippen molar-refractivity contribution in [3.8, 4) is 5.75 Å². The Morgan fingerprint density at radius 1 is 1.19 bits per heavy atom. The lowest BCUT2D eigenvalue weighted by Gasteiger charge is -2.30. The van der Waals surface area contributed by atoms with Crippen molar-refractivity contribution in [3.63, 3.8) is 0 Å². The van der Waals surface area contributed by atoms with E-state index in [1.54, 1.807) is 48.5 Å². The first-order chi connectivity index (χ1) is 15.2. The predicted octanol–water partition coefficient (Wildman–Crippen LogP) is 3.46. The molecule has 1 N–H and O–H groups in total. The van der Waals surface area contributed by atoms with Crippen LogP contribution in [0.15, 0.2) is 58.6 Å². The number of amides is 1. The highest BCUT2D eigenvalue weighted by molar-refractivity contribution is 9.10. The van der Waals surface area contributed by atoms with Gasteiger partial charge in [-0.15, -0.1) is 0 Å². The highest BCUT2D eigenvalue weighted by atomic mass is 79.9. The van der Waals surface area contributed by atoms with Gasteiger partial charge in [-0.25, -0.2) is 8.42 Å². The zero-order chi connectivity index (χ0) is 23.0. The fraction of sp³-hybridized carbons (Fsp3) is 0.304. The molecule has 4 rings (SSSR count). The van der Waals surface area contributed by atoms with Crippen LogP contribution in [-0.2, 0) is 19.4 Å². The zero-order valence-corrected chi connectivity index (χ0v) is 19.7. The number of aliphatic hydroxyl groups excluding tert-OH is 1. The number of hydrogen-bond acceptors (Lipinski definition) is 6. The summed E-state index contributed by atoms with van der Waals surface area (Å²) in [5.74, 6) is -1.67. The second kappa shape index (κ2) is 8.71. The number of nitrogens with zero attached hydrogens (tertiary/aromatic N) is 1. The summed E-state index contributed by atoms with van der Waals surface area (Å²) in [6.07, 6.45) is 0.252. The first-order valence-corrected chi connectivity index (χ1v) is 12.8. The minimum Gasteiger partial charge on any atom is -0.507 e. The molecule has 0 saturated carbocycles. The predicted molar refractivity (Wildman–Crippen MR) is 123 cm³/mol.